The Bertz CT molecular complexity index is 2380. The maximum atomic E-state index is 5.31. The zero-order valence-electron chi connectivity index (χ0n) is 23.7. The van der Waals surface area contributed by atoms with Crippen molar-refractivity contribution in [3.05, 3.63) is 124 Å². The molecular weight excluding hydrogens is 611 g/mol. The van der Waals surface area contributed by atoms with Crippen molar-refractivity contribution >= 4 is 80.4 Å². The average molecular weight is 634 g/mol. The molecule has 7 aromatic rings. The predicted molar refractivity (Wildman–Crippen MR) is 192 cm³/mol. The van der Waals surface area contributed by atoms with E-state index in [1.807, 2.05) is 24.5 Å². The van der Waals surface area contributed by atoms with E-state index in [0.717, 1.165) is 87.3 Å². The first-order valence-electron chi connectivity index (χ1n) is 14.5. The second kappa shape index (κ2) is 10.8. The summed E-state index contributed by atoms with van der Waals surface area (Å²) in [5, 5.41) is 6.35. The standard InChI is InChI=1S/C37H23N5S3/c1-4-31(43-19-1)35-25-9-7-23(39-25)34(22-15-17-38-18-16-22)24-8-10-26(40-24)36(32-5-2-20-44-32)28-12-14-30(42-28)37(33-6-3-21-45-33)29-13-11-27(35)41-29/h1-21,39,42H. The van der Waals surface area contributed by atoms with Gasteiger partial charge in [0.05, 0.1) is 22.8 Å². The monoisotopic (exact) mass is 633 g/mol. The molecule has 7 aromatic heterocycles. The largest absolute Gasteiger partial charge is 0.354 e. The Kier molecular flexibility index (Phi) is 6.29. The fourth-order valence-corrected chi connectivity index (χ4v) is 8.45. The number of H-pyrrole nitrogens is 2. The minimum absolute atomic E-state index is 0.898. The molecular formula is C37H23N5S3. The highest BCUT2D eigenvalue weighted by Crippen LogP contribution is 2.40. The fourth-order valence-electron chi connectivity index (χ4n) is 6.07. The van der Waals surface area contributed by atoms with Gasteiger partial charge in [-0.1, -0.05) is 18.2 Å². The first-order valence-corrected chi connectivity index (χ1v) is 17.1. The number of thiophene rings is 3. The summed E-state index contributed by atoms with van der Waals surface area (Å²) < 4.78 is 0. The van der Waals surface area contributed by atoms with Gasteiger partial charge in [0.25, 0.3) is 0 Å². The number of nitrogens with one attached hydrogen (secondary N) is 2. The Morgan fingerprint density at radius 1 is 0.422 bits per heavy atom. The summed E-state index contributed by atoms with van der Waals surface area (Å²) in [4.78, 5) is 25.9. The van der Waals surface area contributed by atoms with Gasteiger partial charge in [0.15, 0.2) is 0 Å². The highest BCUT2D eigenvalue weighted by atomic mass is 32.1. The second-order valence-electron chi connectivity index (χ2n) is 10.7. The maximum absolute atomic E-state index is 5.31. The summed E-state index contributed by atoms with van der Waals surface area (Å²) in [6, 6.07) is 25.5. The molecule has 8 bridgehead atoms. The molecule has 45 heavy (non-hydrogen) atoms. The lowest BCUT2D eigenvalue weighted by atomic mass is 10.1. The molecule has 2 aliphatic rings. The van der Waals surface area contributed by atoms with Gasteiger partial charge in [0.2, 0.25) is 0 Å². The Balaban J connectivity index is 1.49. The van der Waals surface area contributed by atoms with Crippen molar-refractivity contribution in [3.63, 3.8) is 0 Å². The summed E-state index contributed by atoms with van der Waals surface area (Å²) in [6.45, 7) is 0. The van der Waals surface area contributed by atoms with E-state index in [1.165, 1.54) is 0 Å². The van der Waals surface area contributed by atoms with Gasteiger partial charge in [-0.25, -0.2) is 9.97 Å². The van der Waals surface area contributed by atoms with Crippen molar-refractivity contribution in [3.8, 4) is 42.4 Å². The molecule has 0 unspecified atom stereocenters. The number of aromatic amines is 2. The van der Waals surface area contributed by atoms with Gasteiger partial charge in [-0.3, -0.25) is 4.98 Å². The maximum Gasteiger partial charge on any atom is 0.0745 e. The van der Waals surface area contributed by atoms with Gasteiger partial charge in [-0.15, -0.1) is 34.0 Å². The van der Waals surface area contributed by atoms with E-state index >= 15 is 0 Å². The highest BCUT2D eigenvalue weighted by molar-refractivity contribution is 7.14. The summed E-state index contributed by atoms with van der Waals surface area (Å²) in [5.74, 6) is 0. The van der Waals surface area contributed by atoms with E-state index in [1.54, 1.807) is 34.0 Å². The topological polar surface area (TPSA) is 70.2 Å². The van der Waals surface area contributed by atoms with Crippen LogP contribution in [0.4, 0.5) is 0 Å². The van der Waals surface area contributed by atoms with Gasteiger partial charge in [0.1, 0.15) is 0 Å². The number of hydrogen-bond acceptors (Lipinski definition) is 6. The Morgan fingerprint density at radius 3 is 1.18 bits per heavy atom. The summed E-state index contributed by atoms with van der Waals surface area (Å²) in [6.07, 6.45) is 12.2. The number of aromatic nitrogens is 5. The number of hydrogen-bond donors (Lipinski definition) is 2. The molecule has 214 valence electrons. The van der Waals surface area contributed by atoms with Gasteiger partial charge in [-0.2, -0.15) is 0 Å². The Morgan fingerprint density at radius 2 is 0.800 bits per heavy atom. The van der Waals surface area contributed by atoms with Crippen molar-refractivity contribution < 1.29 is 0 Å². The quantitative estimate of drug-likeness (QED) is 0.203. The summed E-state index contributed by atoms with van der Waals surface area (Å²) in [7, 11) is 0. The van der Waals surface area contributed by atoms with E-state index in [0.29, 0.717) is 0 Å². The molecule has 0 atom stereocenters. The van der Waals surface area contributed by atoms with E-state index in [9.17, 15) is 0 Å². The van der Waals surface area contributed by atoms with Crippen LogP contribution in [0.2, 0.25) is 0 Å². The summed E-state index contributed by atoms with van der Waals surface area (Å²) in [5.41, 5.74) is 13.0. The molecule has 0 fully saturated rings. The van der Waals surface area contributed by atoms with Gasteiger partial charge in [0, 0.05) is 71.3 Å². The lowest BCUT2D eigenvalue weighted by Crippen LogP contribution is -1.88. The molecule has 0 aromatic carbocycles. The lowest BCUT2D eigenvalue weighted by molar-refractivity contribution is 1.30. The normalized spacial score (nSPS) is 12.3. The minimum atomic E-state index is 0.898. The van der Waals surface area contributed by atoms with Crippen molar-refractivity contribution in [1.82, 2.24) is 24.9 Å². The van der Waals surface area contributed by atoms with Crippen molar-refractivity contribution in [2.45, 2.75) is 0 Å². The van der Waals surface area contributed by atoms with Crippen molar-refractivity contribution in [2.75, 3.05) is 0 Å². The minimum Gasteiger partial charge on any atom is -0.354 e. The third-order valence-electron chi connectivity index (χ3n) is 8.03. The van der Waals surface area contributed by atoms with Crippen LogP contribution < -0.4 is 0 Å². The zero-order chi connectivity index (χ0) is 29.7. The van der Waals surface area contributed by atoms with Gasteiger partial charge in [-0.05, 0) is 101 Å². The lowest BCUT2D eigenvalue weighted by Gasteiger charge is -2.05. The van der Waals surface area contributed by atoms with E-state index in [4.69, 9.17) is 9.97 Å². The van der Waals surface area contributed by atoms with Crippen LogP contribution in [0, 0.1) is 0 Å². The van der Waals surface area contributed by atoms with Crippen LogP contribution in [0.5, 0.6) is 0 Å². The van der Waals surface area contributed by atoms with Crippen LogP contribution in [0.25, 0.3) is 88.8 Å². The smallest absolute Gasteiger partial charge is 0.0745 e. The molecule has 0 saturated carbocycles. The van der Waals surface area contributed by atoms with Crippen molar-refractivity contribution in [2.24, 2.45) is 0 Å². The SMILES string of the molecule is C1=Cc2nc1c(-c1ccncc1)c1ccc([nH]1)c(-c1cccs1)c1nc(c(-c3cccs3)c3ccc([nH]3)c2-c2cccs2)C=C1. The third kappa shape index (κ3) is 4.54. The second-order valence-corrected chi connectivity index (χ2v) is 13.5. The zero-order valence-corrected chi connectivity index (χ0v) is 26.1. The first-order chi connectivity index (χ1) is 22.3. The van der Waals surface area contributed by atoms with Crippen LogP contribution in [0.3, 0.4) is 0 Å². The van der Waals surface area contributed by atoms with Gasteiger partial charge < -0.3 is 9.97 Å². The van der Waals surface area contributed by atoms with Crippen LogP contribution >= 0.6 is 34.0 Å². The molecule has 2 N–H and O–H groups in total. The molecule has 0 spiro atoms. The molecule has 0 amide bonds. The van der Waals surface area contributed by atoms with E-state index in [2.05, 4.69) is 116 Å². The van der Waals surface area contributed by atoms with Crippen LogP contribution in [-0.2, 0) is 0 Å². The van der Waals surface area contributed by atoms with Crippen molar-refractivity contribution in [1.29, 1.82) is 0 Å². The molecule has 0 saturated heterocycles. The van der Waals surface area contributed by atoms with Crippen LogP contribution in [-0.4, -0.2) is 24.9 Å². The number of nitrogens with zero attached hydrogens (tertiary/aromatic N) is 3. The number of pyridine rings is 1. The Hall–Kier alpha value is -5.15. The molecule has 5 nitrogen and oxygen atoms in total. The molecule has 0 radical (unpaired) electrons. The molecule has 8 heteroatoms. The number of rotatable bonds is 4. The molecule has 9 heterocycles. The van der Waals surface area contributed by atoms with Crippen LogP contribution in [0.15, 0.2) is 101 Å². The Labute approximate surface area is 270 Å². The molecule has 0 aliphatic carbocycles. The average Bonchev–Trinajstić information content (AvgIpc) is 3.92. The van der Waals surface area contributed by atoms with E-state index in [-0.39, 0.29) is 0 Å². The molecule has 9 rings (SSSR count). The highest BCUT2D eigenvalue weighted by Gasteiger charge is 2.19. The third-order valence-corrected chi connectivity index (χ3v) is 10.7. The van der Waals surface area contributed by atoms with Gasteiger partial charge >= 0.3 is 0 Å². The number of fused-ring (bicyclic) bond motifs is 8. The predicted octanol–water partition coefficient (Wildman–Crippen LogP) is 10.9. The fraction of sp³-hybridized carbons (Fsp3) is 0. The van der Waals surface area contributed by atoms with E-state index < -0.39 is 0 Å². The first kappa shape index (κ1) is 26.3. The summed E-state index contributed by atoms with van der Waals surface area (Å²) >= 11 is 5.16. The molecule has 2 aliphatic heterocycles. The van der Waals surface area contributed by atoms with Crippen LogP contribution in [0.1, 0.15) is 22.8 Å².